The molecular formula is C11H12ClFN4. The standard InChI is InChI=1S/C11H12ClFN4/c1-7(14)11-15-6-17(16-11)5-8-9(12)3-2-4-10(8)13/h2-4,6-7H,5,14H2,1H3. The zero-order valence-electron chi connectivity index (χ0n) is 9.27. The van der Waals surface area contributed by atoms with Gasteiger partial charge in [0.1, 0.15) is 12.1 Å². The smallest absolute Gasteiger partial charge is 0.166 e. The molecule has 0 fully saturated rings. The van der Waals surface area contributed by atoms with E-state index in [0.717, 1.165) is 0 Å². The first-order valence-electron chi connectivity index (χ1n) is 5.15. The van der Waals surface area contributed by atoms with Gasteiger partial charge in [-0.25, -0.2) is 14.1 Å². The summed E-state index contributed by atoms with van der Waals surface area (Å²) < 4.78 is 15.0. The predicted molar refractivity (Wildman–Crippen MR) is 63.1 cm³/mol. The SMILES string of the molecule is CC(N)c1ncn(Cc2c(F)cccc2Cl)n1. The van der Waals surface area contributed by atoms with Crippen molar-refractivity contribution < 1.29 is 4.39 Å². The van der Waals surface area contributed by atoms with Crippen molar-refractivity contribution in [3.8, 4) is 0 Å². The fourth-order valence-electron chi connectivity index (χ4n) is 1.44. The van der Waals surface area contributed by atoms with Crippen LogP contribution in [-0.2, 0) is 6.54 Å². The highest BCUT2D eigenvalue weighted by Crippen LogP contribution is 2.19. The molecule has 0 saturated carbocycles. The summed E-state index contributed by atoms with van der Waals surface area (Å²) in [7, 11) is 0. The largest absolute Gasteiger partial charge is 0.321 e. The molecule has 1 heterocycles. The summed E-state index contributed by atoms with van der Waals surface area (Å²) >= 11 is 5.92. The van der Waals surface area contributed by atoms with Crippen LogP contribution >= 0.6 is 11.6 Å². The Bertz CT molecular complexity index is 504. The van der Waals surface area contributed by atoms with E-state index < -0.39 is 0 Å². The van der Waals surface area contributed by atoms with E-state index in [-0.39, 0.29) is 18.4 Å². The number of aromatic nitrogens is 3. The van der Waals surface area contributed by atoms with Gasteiger partial charge in [0.2, 0.25) is 0 Å². The van der Waals surface area contributed by atoms with Crippen LogP contribution in [0.2, 0.25) is 5.02 Å². The molecule has 0 aliphatic heterocycles. The molecule has 90 valence electrons. The molecule has 0 amide bonds. The molecule has 1 aromatic heterocycles. The summed E-state index contributed by atoms with van der Waals surface area (Å²) in [6.07, 6.45) is 1.52. The summed E-state index contributed by atoms with van der Waals surface area (Å²) in [5.41, 5.74) is 6.04. The van der Waals surface area contributed by atoms with Crippen molar-refractivity contribution in [2.45, 2.75) is 19.5 Å². The third kappa shape index (κ3) is 2.62. The molecule has 2 rings (SSSR count). The van der Waals surface area contributed by atoms with E-state index in [1.807, 2.05) is 0 Å². The minimum Gasteiger partial charge on any atom is -0.321 e. The topological polar surface area (TPSA) is 56.7 Å². The molecule has 0 aliphatic carbocycles. The van der Waals surface area contributed by atoms with Crippen molar-refractivity contribution in [2.75, 3.05) is 0 Å². The van der Waals surface area contributed by atoms with Gasteiger partial charge in [-0.05, 0) is 19.1 Å². The van der Waals surface area contributed by atoms with Gasteiger partial charge in [-0.15, -0.1) is 0 Å². The molecule has 0 bridgehead atoms. The van der Waals surface area contributed by atoms with Crippen LogP contribution in [0, 0.1) is 5.82 Å². The predicted octanol–water partition coefficient (Wildman–Crippen LogP) is 2.14. The van der Waals surface area contributed by atoms with Crippen LogP contribution in [0.25, 0.3) is 0 Å². The monoisotopic (exact) mass is 254 g/mol. The van der Waals surface area contributed by atoms with Crippen molar-refractivity contribution in [1.29, 1.82) is 0 Å². The molecule has 17 heavy (non-hydrogen) atoms. The van der Waals surface area contributed by atoms with E-state index in [9.17, 15) is 4.39 Å². The first kappa shape index (κ1) is 12.0. The molecule has 4 nitrogen and oxygen atoms in total. The molecule has 1 unspecified atom stereocenters. The van der Waals surface area contributed by atoms with Gasteiger partial charge in [-0.3, -0.25) is 0 Å². The molecule has 2 aromatic rings. The first-order valence-corrected chi connectivity index (χ1v) is 5.53. The van der Waals surface area contributed by atoms with Crippen LogP contribution in [0.1, 0.15) is 24.4 Å². The second-order valence-corrected chi connectivity index (χ2v) is 4.20. The van der Waals surface area contributed by atoms with E-state index in [1.54, 1.807) is 19.1 Å². The van der Waals surface area contributed by atoms with Crippen LogP contribution in [0.15, 0.2) is 24.5 Å². The maximum atomic E-state index is 13.5. The van der Waals surface area contributed by atoms with Gasteiger partial charge in [0.05, 0.1) is 12.6 Å². The Hall–Kier alpha value is -1.46. The fourth-order valence-corrected chi connectivity index (χ4v) is 1.66. The number of rotatable bonds is 3. The summed E-state index contributed by atoms with van der Waals surface area (Å²) in [6, 6.07) is 4.33. The molecule has 6 heteroatoms. The van der Waals surface area contributed by atoms with E-state index in [0.29, 0.717) is 16.4 Å². The van der Waals surface area contributed by atoms with Crippen LogP contribution in [0.4, 0.5) is 4.39 Å². The van der Waals surface area contributed by atoms with Crippen molar-refractivity contribution in [3.63, 3.8) is 0 Å². The molecule has 0 aliphatic rings. The number of nitrogens with zero attached hydrogens (tertiary/aromatic N) is 3. The van der Waals surface area contributed by atoms with Crippen LogP contribution in [-0.4, -0.2) is 14.8 Å². The molecule has 1 atom stereocenters. The van der Waals surface area contributed by atoms with Crippen LogP contribution in [0.5, 0.6) is 0 Å². The highest BCUT2D eigenvalue weighted by Gasteiger charge is 2.10. The number of benzene rings is 1. The second kappa shape index (κ2) is 4.81. The lowest BCUT2D eigenvalue weighted by Crippen LogP contribution is -2.09. The zero-order chi connectivity index (χ0) is 12.4. The van der Waals surface area contributed by atoms with Crippen molar-refractivity contribution >= 4 is 11.6 Å². The second-order valence-electron chi connectivity index (χ2n) is 3.79. The zero-order valence-corrected chi connectivity index (χ0v) is 10.0. The Labute approximate surface area is 103 Å². The Morgan fingerprint density at radius 1 is 1.53 bits per heavy atom. The number of hydrogen-bond donors (Lipinski definition) is 1. The summed E-state index contributed by atoms with van der Waals surface area (Å²) in [6.45, 7) is 2.03. The normalized spacial score (nSPS) is 12.7. The van der Waals surface area contributed by atoms with Crippen molar-refractivity contribution in [3.05, 3.63) is 46.8 Å². The minimum atomic E-state index is -0.352. The number of hydrogen-bond acceptors (Lipinski definition) is 3. The summed E-state index contributed by atoms with van der Waals surface area (Å²) in [4.78, 5) is 4.03. The Morgan fingerprint density at radius 3 is 2.88 bits per heavy atom. The average Bonchev–Trinajstić information content (AvgIpc) is 2.72. The van der Waals surface area contributed by atoms with Crippen molar-refractivity contribution in [1.82, 2.24) is 14.8 Å². The lowest BCUT2D eigenvalue weighted by molar-refractivity contribution is 0.580. The van der Waals surface area contributed by atoms with Gasteiger partial charge in [0, 0.05) is 10.6 Å². The molecule has 0 spiro atoms. The highest BCUT2D eigenvalue weighted by atomic mass is 35.5. The molecule has 2 N–H and O–H groups in total. The third-order valence-electron chi connectivity index (χ3n) is 2.34. The first-order chi connectivity index (χ1) is 8.08. The van der Waals surface area contributed by atoms with Gasteiger partial charge in [-0.2, -0.15) is 5.10 Å². The Balaban J connectivity index is 2.25. The molecule has 0 radical (unpaired) electrons. The third-order valence-corrected chi connectivity index (χ3v) is 2.70. The van der Waals surface area contributed by atoms with E-state index >= 15 is 0 Å². The van der Waals surface area contributed by atoms with Gasteiger partial charge in [-0.1, -0.05) is 17.7 Å². The highest BCUT2D eigenvalue weighted by molar-refractivity contribution is 6.31. The minimum absolute atomic E-state index is 0.241. The van der Waals surface area contributed by atoms with Gasteiger partial charge >= 0.3 is 0 Å². The lowest BCUT2D eigenvalue weighted by Gasteiger charge is -2.05. The maximum Gasteiger partial charge on any atom is 0.166 e. The van der Waals surface area contributed by atoms with Gasteiger partial charge < -0.3 is 5.73 Å². The van der Waals surface area contributed by atoms with Crippen LogP contribution < -0.4 is 5.73 Å². The van der Waals surface area contributed by atoms with Gasteiger partial charge in [0.15, 0.2) is 5.82 Å². The Morgan fingerprint density at radius 2 is 2.29 bits per heavy atom. The number of halogens is 2. The lowest BCUT2D eigenvalue weighted by atomic mass is 10.2. The van der Waals surface area contributed by atoms with Crippen molar-refractivity contribution in [2.24, 2.45) is 5.73 Å². The van der Waals surface area contributed by atoms with Gasteiger partial charge in [0.25, 0.3) is 0 Å². The number of nitrogens with two attached hydrogens (primary N) is 1. The Kier molecular flexibility index (Phi) is 3.40. The maximum absolute atomic E-state index is 13.5. The van der Waals surface area contributed by atoms with E-state index in [2.05, 4.69) is 10.1 Å². The molecule has 1 aromatic carbocycles. The molecular weight excluding hydrogens is 243 g/mol. The molecule has 0 saturated heterocycles. The quantitative estimate of drug-likeness (QED) is 0.913. The summed E-state index contributed by atoms with van der Waals surface area (Å²) in [5.74, 6) is 0.174. The average molecular weight is 255 g/mol. The van der Waals surface area contributed by atoms with E-state index in [4.69, 9.17) is 17.3 Å². The fraction of sp³-hybridized carbons (Fsp3) is 0.273. The van der Waals surface area contributed by atoms with E-state index in [1.165, 1.54) is 17.1 Å². The van der Waals surface area contributed by atoms with Crippen LogP contribution in [0.3, 0.4) is 0 Å². The summed E-state index contributed by atoms with van der Waals surface area (Å²) in [5, 5.41) is 4.52.